The maximum absolute atomic E-state index is 12.8. The summed E-state index contributed by atoms with van der Waals surface area (Å²) in [6.45, 7) is 1.10. The molecular formula is C28H25F3N2O4S2. The molecular weight excluding hydrogens is 549 g/mol. The molecule has 11 heteroatoms. The van der Waals surface area contributed by atoms with Crippen LogP contribution in [-0.2, 0) is 27.2 Å². The molecule has 0 aliphatic carbocycles. The number of carbonyl (C=O) groups is 1. The summed E-state index contributed by atoms with van der Waals surface area (Å²) in [6.07, 6.45) is -3.96. The number of alkyl halides is 3. The van der Waals surface area contributed by atoms with Crippen LogP contribution in [0.4, 0.5) is 18.9 Å². The van der Waals surface area contributed by atoms with E-state index in [0.29, 0.717) is 23.4 Å². The first kappa shape index (κ1) is 28.5. The molecule has 4 rings (SSSR count). The number of amides is 1. The zero-order valence-electron chi connectivity index (χ0n) is 20.8. The Morgan fingerprint density at radius 3 is 2.21 bits per heavy atom. The monoisotopic (exact) mass is 574 g/mol. The number of aliphatic hydroxyl groups excluding tert-OH is 1. The third kappa shape index (κ3) is 6.92. The van der Waals surface area contributed by atoms with E-state index in [1.54, 1.807) is 31.2 Å². The van der Waals surface area contributed by atoms with E-state index in [4.69, 9.17) is 0 Å². The molecule has 1 atom stereocenters. The molecule has 2 N–H and O–H groups in total. The second-order valence-corrected chi connectivity index (χ2v) is 12.0. The minimum Gasteiger partial charge on any atom is -0.395 e. The second kappa shape index (κ2) is 11.7. The van der Waals surface area contributed by atoms with Crippen LogP contribution in [0.25, 0.3) is 11.3 Å². The van der Waals surface area contributed by atoms with Gasteiger partial charge in [0.05, 0.1) is 39.4 Å². The van der Waals surface area contributed by atoms with Gasteiger partial charge in [0, 0.05) is 23.1 Å². The molecule has 0 saturated carbocycles. The van der Waals surface area contributed by atoms with Gasteiger partial charge in [0.15, 0.2) is 9.84 Å². The fourth-order valence-corrected chi connectivity index (χ4v) is 5.60. The highest BCUT2D eigenvalue weighted by Gasteiger charge is 2.30. The van der Waals surface area contributed by atoms with Crippen molar-refractivity contribution in [2.45, 2.75) is 30.3 Å². The summed E-state index contributed by atoms with van der Waals surface area (Å²) < 4.78 is 62.3. The van der Waals surface area contributed by atoms with Gasteiger partial charge in [-0.1, -0.05) is 43.3 Å². The van der Waals surface area contributed by atoms with Gasteiger partial charge in [-0.05, 0) is 47.5 Å². The van der Waals surface area contributed by atoms with Crippen LogP contribution in [0, 0.1) is 0 Å². The van der Waals surface area contributed by atoms with Gasteiger partial charge in [-0.3, -0.25) is 4.79 Å². The summed E-state index contributed by atoms with van der Waals surface area (Å²) in [5.74, 6) is -1.36. The van der Waals surface area contributed by atoms with Crippen molar-refractivity contribution in [3.8, 4) is 11.3 Å². The first-order valence-electron chi connectivity index (χ1n) is 12.0. The number of aliphatic hydroxyl groups is 1. The van der Waals surface area contributed by atoms with Crippen molar-refractivity contribution in [3.05, 3.63) is 99.9 Å². The van der Waals surface area contributed by atoms with E-state index < -0.39 is 40.0 Å². The molecule has 0 aliphatic heterocycles. The maximum atomic E-state index is 12.8. The molecule has 3 aromatic carbocycles. The van der Waals surface area contributed by atoms with Gasteiger partial charge in [-0.25, -0.2) is 13.4 Å². The number of hydrogen-bond acceptors (Lipinski definition) is 6. The number of carbonyl (C=O) groups excluding carboxylic acids is 1. The van der Waals surface area contributed by atoms with E-state index in [9.17, 15) is 31.5 Å². The minimum atomic E-state index is -4.37. The fraction of sp³-hybridized carbons (Fsp3) is 0.214. The Morgan fingerprint density at radius 1 is 1.00 bits per heavy atom. The molecule has 0 bridgehead atoms. The molecule has 4 aromatic rings. The Morgan fingerprint density at radius 2 is 1.64 bits per heavy atom. The highest BCUT2D eigenvalue weighted by molar-refractivity contribution is 7.91. The molecule has 0 fully saturated rings. The largest absolute Gasteiger partial charge is 0.416 e. The molecule has 1 amide bonds. The fourth-order valence-electron chi connectivity index (χ4n) is 3.88. The van der Waals surface area contributed by atoms with Gasteiger partial charge >= 0.3 is 6.18 Å². The Bertz CT molecular complexity index is 1530. The van der Waals surface area contributed by atoms with Crippen molar-refractivity contribution in [1.29, 1.82) is 0 Å². The Hall–Kier alpha value is -3.54. The van der Waals surface area contributed by atoms with Gasteiger partial charge in [0.2, 0.25) is 5.91 Å². The van der Waals surface area contributed by atoms with Gasteiger partial charge in [-0.15, -0.1) is 11.3 Å². The van der Waals surface area contributed by atoms with Crippen LogP contribution in [0.1, 0.15) is 34.5 Å². The zero-order chi connectivity index (χ0) is 28.2. The van der Waals surface area contributed by atoms with E-state index in [-0.39, 0.29) is 10.6 Å². The number of nitrogens with one attached hydrogen (secondary N) is 1. The molecule has 6 nitrogen and oxygen atoms in total. The van der Waals surface area contributed by atoms with Gasteiger partial charge in [0.1, 0.15) is 0 Å². The number of anilines is 1. The molecule has 204 valence electrons. The molecule has 0 saturated heterocycles. The van der Waals surface area contributed by atoms with Crippen molar-refractivity contribution < 1.29 is 31.5 Å². The van der Waals surface area contributed by atoms with Gasteiger partial charge in [0.25, 0.3) is 0 Å². The average Bonchev–Trinajstić information content (AvgIpc) is 3.38. The predicted molar refractivity (Wildman–Crippen MR) is 144 cm³/mol. The molecule has 1 aromatic heterocycles. The predicted octanol–water partition coefficient (Wildman–Crippen LogP) is 5.93. The standard InChI is InChI=1S/C28H25F3N2O4S2/c1-2-39(36,37)23-13-7-19(8-14-23)24(16-34)27(35)32-22-11-5-20(6-12-22)25-17-38-26(33-25)15-18-3-9-21(10-4-18)28(29,30)31/h3-14,17,24,34H,2,15-16H2,1H3,(H,32,35). The van der Waals surface area contributed by atoms with Crippen molar-refractivity contribution in [2.75, 3.05) is 17.7 Å². The number of sulfone groups is 1. The van der Waals surface area contributed by atoms with Gasteiger partial charge in [-0.2, -0.15) is 13.2 Å². The zero-order valence-corrected chi connectivity index (χ0v) is 22.4. The van der Waals surface area contributed by atoms with E-state index in [2.05, 4.69) is 10.3 Å². The summed E-state index contributed by atoms with van der Waals surface area (Å²) in [5, 5.41) is 15.2. The van der Waals surface area contributed by atoms with Crippen LogP contribution >= 0.6 is 11.3 Å². The summed E-state index contributed by atoms with van der Waals surface area (Å²) >= 11 is 1.40. The van der Waals surface area contributed by atoms with Crippen LogP contribution in [-0.4, -0.2) is 36.8 Å². The Kier molecular flexibility index (Phi) is 8.53. The number of nitrogens with zero attached hydrogens (tertiary/aromatic N) is 1. The Labute approximate surface area is 228 Å². The van der Waals surface area contributed by atoms with Crippen LogP contribution < -0.4 is 5.32 Å². The van der Waals surface area contributed by atoms with Crippen LogP contribution in [0.15, 0.2) is 83.1 Å². The normalized spacial score (nSPS) is 12.7. The lowest BCUT2D eigenvalue weighted by molar-refractivity contribution is -0.137. The summed E-state index contributed by atoms with van der Waals surface area (Å²) in [6, 6.07) is 17.9. The van der Waals surface area contributed by atoms with Crippen LogP contribution in [0.3, 0.4) is 0 Å². The first-order chi connectivity index (χ1) is 18.5. The third-order valence-corrected chi connectivity index (χ3v) is 8.76. The van der Waals surface area contributed by atoms with Crippen molar-refractivity contribution in [2.24, 2.45) is 0 Å². The molecule has 1 heterocycles. The number of benzene rings is 3. The third-order valence-electron chi connectivity index (χ3n) is 6.16. The minimum absolute atomic E-state index is 0.0341. The molecule has 0 radical (unpaired) electrons. The van der Waals surface area contributed by atoms with Crippen molar-refractivity contribution in [1.82, 2.24) is 4.98 Å². The number of rotatable bonds is 9. The lowest BCUT2D eigenvalue weighted by atomic mass is 9.99. The number of halogens is 3. The number of thiazole rings is 1. The topological polar surface area (TPSA) is 96.4 Å². The van der Waals surface area contributed by atoms with Crippen molar-refractivity contribution in [3.63, 3.8) is 0 Å². The smallest absolute Gasteiger partial charge is 0.395 e. The first-order valence-corrected chi connectivity index (χ1v) is 14.5. The van der Waals surface area contributed by atoms with E-state index >= 15 is 0 Å². The molecule has 0 aliphatic rings. The molecule has 0 spiro atoms. The highest BCUT2D eigenvalue weighted by Crippen LogP contribution is 2.30. The molecule has 39 heavy (non-hydrogen) atoms. The molecule has 1 unspecified atom stereocenters. The number of hydrogen-bond donors (Lipinski definition) is 2. The van der Waals surface area contributed by atoms with Crippen LogP contribution in [0.5, 0.6) is 0 Å². The summed E-state index contributed by atoms with van der Waals surface area (Å²) in [4.78, 5) is 17.6. The average molecular weight is 575 g/mol. The second-order valence-electron chi connectivity index (χ2n) is 8.77. The quantitative estimate of drug-likeness (QED) is 0.258. The number of aromatic nitrogens is 1. The van der Waals surface area contributed by atoms with E-state index in [0.717, 1.165) is 28.3 Å². The lowest BCUT2D eigenvalue weighted by Gasteiger charge is -2.15. The summed E-state index contributed by atoms with van der Waals surface area (Å²) in [5.41, 5.74) is 2.53. The van der Waals surface area contributed by atoms with Crippen LogP contribution in [0.2, 0.25) is 0 Å². The summed E-state index contributed by atoms with van der Waals surface area (Å²) in [7, 11) is -3.37. The Balaban J connectivity index is 1.40. The highest BCUT2D eigenvalue weighted by atomic mass is 32.2. The SMILES string of the molecule is CCS(=O)(=O)c1ccc(C(CO)C(=O)Nc2ccc(-c3csc(Cc4ccc(C(F)(F)F)cc4)n3)cc2)cc1. The maximum Gasteiger partial charge on any atom is 0.416 e. The van der Waals surface area contributed by atoms with E-state index in [1.165, 1.54) is 47.7 Å². The van der Waals surface area contributed by atoms with Gasteiger partial charge < -0.3 is 10.4 Å². The lowest BCUT2D eigenvalue weighted by Crippen LogP contribution is -2.24. The van der Waals surface area contributed by atoms with Crippen molar-refractivity contribution >= 4 is 32.8 Å². The van der Waals surface area contributed by atoms with E-state index in [1.807, 2.05) is 5.38 Å².